The number of pyridine rings is 1. The highest BCUT2D eigenvalue weighted by Gasteiger charge is 2.19. The molecule has 0 aliphatic carbocycles. The lowest BCUT2D eigenvalue weighted by Gasteiger charge is -2.21. The van der Waals surface area contributed by atoms with E-state index in [1.807, 2.05) is 6.92 Å². The maximum atomic E-state index is 12.5. The summed E-state index contributed by atoms with van der Waals surface area (Å²) in [6.45, 7) is 2.30. The van der Waals surface area contributed by atoms with Gasteiger partial charge in [-0.25, -0.2) is 0 Å². The minimum absolute atomic E-state index is 0.0309. The molecule has 0 saturated heterocycles. The molecule has 2 aromatic rings. The van der Waals surface area contributed by atoms with Crippen LogP contribution in [-0.2, 0) is 0 Å². The van der Waals surface area contributed by atoms with E-state index in [4.69, 9.17) is 5.73 Å². The Morgan fingerprint density at radius 2 is 2.00 bits per heavy atom. The van der Waals surface area contributed by atoms with E-state index in [9.17, 15) is 14.9 Å². The van der Waals surface area contributed by atoms with Crippen LogP contribution in [-0.4, -0.2) is 22.4 Å². The highest BCUT2D eigenvalue weighted by atomic mass is 16.6. The molecule has 0 unspecified atom stereocenters. The number of nitrogens with zero attached hydrogens (tertiary/aromatic N) is 3. The zero-order chi connectivity index (χ0) is 15.4. The summed E-state index contributed by atoms with van der Waals surface area (Å²) in [6, 6.07) is 7.40. The summed E-state index contributed by atoms with van der Waals surface area (Å²) in [5.74, 6) is -0.273. The Bertz CT molecular complexity index is 673. The van der Waals surface area contributed by atoms with Crippen LogP contribution in [0.15, 0.2) is 42.7 Å². The van der Waals surface area contributed by atoms with Gasteiger partial charge in [0.05, 0.1) is 4.92 Å². The van der Waals surface area contributed by atoms with E-state index in [0.29, 0.717) is 17.8 Å². The van der Waals surface area contributed by atoms with Gasteiger partial charge in [0.15, 0.2) is 0 Å². The summed E-state index contributed by atoms with van der Waals surface area (Å²) in [6.07, 6.45) is 3.19. The minimum Gasteiger partial charge on any atom is -0.393 e. The van der Waals surface area contributed by atoms with Crippen molar-refractivity contribution in [2.45, 2.75) is 6.92 Å². The monoisotopic (exact) mass is 286 g/mol. The average molecular weight is 286 g/mol. The zero-order valence-corrected chi connectivity index (χ0v) is 11.4. The molecule has 0 saturated carbocycles. The van der Waals surface area contributed by atoms with E-state index in [1.54, 1.807) is 29.4 Å². The number of carbonyl (C=O) groups is 1. The van der Waals surface area contributed by atoms with Gasteiger partial charge >= 0.3 is 0 Å². The lowest BCUT2D eigenvalue weighted by atomic mass is 10.1. The van der Waals surface area contributed by atoms with Crippen LogP contribution in [0.3, 0.4) is 0 Å². The van der Waals surface area contributed by atoms with Crippen molar-refractivity contribution in [1.29, 1.82) is 0 Å². The number of carbonyl (C=O) groups excluding carboxylic acids is 1. The molecule has 0 fully saturated rings. The molecule has 2 N–H and O–H groups in total. The number of nitrogens with two attached hydrogens (primary N) is 1. The topological polar surface area (TPSA) is 102 Å². The molecule has 0 spiro atoms. The second-order valence-corrected chi connectivity index (χ2v) is 4.29. The van der Waals surface area contributed by atoms with Crippen molar-refractivity contribution in [3.05, 3.63) is 58.4 Å². The predicted molar refractivity (Wildman–Crippen MR) is 79.1 cm³/mol. The van der Waals surface area contributed by atoms with Gasteiger partial charge in [-0.3, -0.25) is 19.9 Å². The smallest absolute Gasteiger partial charge is 0.292 e. The molecule has 1 heterocycles. The lowest BCUT2D eigenvalue weighted by molar-refractivity contribution is -0.383. The van der Waals surface area contributed by atoms with Crippen LogP contribution in [0.4, 0.5) is 17.1 Å². The molecule has 0 bridgehead atoms. The highest BCUT2D eigenvalue weighted by Crippen LogP contribution is 2.24. The Hall–Kier alpha value is -2.96. The second kappa shape index (κ2) is 6.00. The first kappa shape index (κ1) is 14.4. The van der Waals surface area contributed by atoms with Crippen LogP contribution in [0, 0.1) is 10.1 Å². The quantitative estimate of drug-likeness (QED) is 0.527. The zero-order valence-electron chi connectivity index (χ0n) is 11.4. The summed E-state index contributed by atoms with van der Waals surface area (Å²) >= 11 is 0. The van der Waals surface area contributed by atoms with Crippen molar-refractivity contribution >= 4 is 23.0 Å². The standard InChI is InChI=1S/C14H14N4O3/c1-2-17(11-5-7-16-8-6-11)14(19)10-3-4-13(18(20)21)12(15)9-10/h3-9H,2,15H2,1H3. The van der Waals surface area contributed by atoms with E-state index in [1.165, 1.54) is 18.2 Å². The van der Waals surface area contributed by atoms with Gasteiger partial charge in [-0.1, -0.05) is 0 Å². The number of nitro benzene ring substituents is 1. The summed E-state index contributed by atoms with van der Waals surface area (Å²) < 4.78 is 0. The number of rotatable bonds is 4. The maximum Gasteiger partial charge on any atom is 0.292 e. The minimum atomic E-state index is -0.579. The van der Waals surface area contributed by atoms with Gasteiger partial charge in [0, 0.05) is 36.3 Å². The van der Waals surface area contributed by atoms with Crippen LogP contribution in [0.1, 0.15) is 17.3 Å². The van der Waals surface area contributed by atoms with Crippen molar-refractivity contribution in [3.8, 4) is 0 Å². The normalized spacial score (nSPS) is 10.1. The summed E-state index contributed by atoms with van der Waals surface area (Å²) in [7, 11) is 0. The molecule has 1 aromatic heterocycles. The van der Waals surface area contributed by atoms with Crippen LogP contribution < -0.4 is 10.6 Å². The van der Waals surface area contributed by atoms with E-state index < -0.39 is 4.92 Å². The average Bonchev–Trinajstić information content (AvgIpc) is 2.48. The number of aromatic nitrogens is 1. The first-order valence-corrected chi connectivity index (χ1v) is 6.30. The van der Waals surface area contributed by atoms with E-state index in [0.717, 1.165) is 0 Å². The Kier molecular flexibility index (Phi) is 4.13. The summed E-state index contributed by atoms with van der Waals surface area (Å²) in [4.78, 5) is 28.1. The molecule has 0 aliphatic rings. The van der Waals surface area contributed by atoms with Gasteiger partial charge < -0.3 is 10.6 Å². The Morgan fingerprint density at radius 1 is 1.33 bits per heavy atom. The van der Waals surface area contributed by atoms with Gasteiger partial charge in [0.2, 0.25) is 0 Å². The molecular formula is C14H14N4O3. The number of anilines is 2. The van der Waals surface area contributed by atoms with Gasteiger partial charge in [-0.15, -0.1) is 0 Å². The van der Waals surface area contributed by atoms with Gasteiger partial charge in [-0.05, 0) is 31.2 Å². The lowest BCUT2D eigenvalue weighted by Crippen LogP contribution is -2.30. The SMILES string of the molecule is CCN(C(=O)c1ccc([N+](=O)[O-])c(N)c1)c1ccncc1. The van der Waals surface area contributed by atoms with Crippen molar-refractivity contribution in [2.24, 2.45) is 0 Å². The number of nitro groups is 1. The fourth-order valence-electron chi connectivity index (χ4n) is 1.98. The first-order chi connectivity index (χ1) is 10.0. The number of amides is 1. The van der Waals surface area contributed by atoms with Gasteiger partial charge in [-0.2, -0.15) is 0 Å². The van der Waals surface area contributed by atoms with Crippen LogP contribution in [0.5, 0.6) is 0 Å². The highest BCUT2D eigenvalue weighted by molar-refractivity contribution is 6.06. The molecule has 7 heteroatoms. The van der Waals surface area contributed by atoms with E-state index in [2.05, 4.69) is 4.98 Å². The van der Waals surface area contributed by atoms with E-state index in [-0.39, 0.29) is 17.3 Å². The van der Waals surface area contributed by atoms with Crippen LogP contribution >= 0.6 is 0 Å². The molecule has 7 nitrogen and oxygen atoms in total. The van der Waals surface area contributed by atoms with Gasteiger partial charge in [0.25, 0.3) is 11.6 Å². The largest absolute Gasteiger partial charge is 0.393 e. The molecule has 21 heavy (non-hydrogen) atoms. The first-order valence-electron chi connectivity index (χ1n) is 6.30. The third-order valence-corrected chi connectivity index (χ3v) is 3.01. The molecular weight excluding hydrogens is 272 g/mol. The third-order valence-electron chi connectivity index (χ3n) is 3.01. The van der Waals surface area contributed by atoms with Crippen molar-refractivity contribution in [1.82, 2.24) is 4.98 Å². The number of nitrogen functional groups attached to an aromatic ring is 1. The molecule has 1 amide bonds. The fraction of sp³-hybridized carbons (Fsp3) is 0.143. The third kappa shape index (κ3) is 2.97. The number of benzene rings is 1. The van der Waals surface area contributed by atoms with Crippen LogP contribution in [0.2, 0.25) is 0 Å². The molecule has 0 aliphatic heterocycles. The predicted octanol–water partition coefficient (Wildman–Crippen LogP) is 2.24. The fourth-order valence-corrected chi connectivity index (χ4v) is 1.98. The Labute approximate surface area is 121 Å². The van der Waals surface area contributed by atoms with Crippen molar-refractivity contribution < 1.29 is 9.72 Å². The molecule has 0 atom stereocenters. The van der Waals surface area contributed by atoms with E-state index >= 15 is 0 Å². The van der Waals surface area contributed by atoms with Crippen molar-refractivity contribution in [2.75, 3.05) is 17.2 Å². The molecule has 0 radical (unpaired) electrons. The Balaban J connectivity index is 2.35. The van der Waals surface area contributed by atoms with Crippen molar-refractivity contribution in [3.63, 3.8) is 0 Å². The second-order valence-electron chi connectivity index (χ2n) is 4.29. The molecule has 108 valence electrons. The summed E-state index contributed by atoms with van der Waals surface area (Å²) in [5.41, 5.74) is 6.38. The number of hydrogen-bond donors (Lipinski definition) is 1. The molecule has 1 aromatic carbocycles. The maximum absolute atomic E-state index is 12.5. The van der Waals surface area contributed by atoms with Gasteiger partial charge in [0.1, 0.15) is 5.69 Å². The summed E-state index contributed by atoms with van der Waals surface area (Å²) in [5, 5.41) is 10.7. The molecule has 2 rings (SSSR count). The Morgan fingerprint density at radius 3 is 2.52 bits per heavy atom. The number of hydrogen-bond acceptors (Lipinski definition) is 5. The van der Waals surface area contributed by atoms with Crippen LogP contribution in [0.25, 0.3) is 0 Å².